The topological polar surface area (TPSA) is 0 Å². The van der Waals surface area contributed by atoms with E-state index in [-0.39, 0.29) is 0 Å². The van der Waals surface area contributed by atoms with Gasteiger partial charge in [0.1, 0.15) is 0 Å². The molecule has 0 atom stereocenters. The predicted octanol–water partition coefficient (Wildman–Crippen LogP) is 4.26. The number of benzene rings is 1. The van der Waals surface area contributed by atoms with Crippen molar-refractivity contribution in [1.29, 1.82) is 0 Å². The van der Waals surface area contributed by atoms with Crippen LogP contribution >= 0.6 is 43.5 Å². The van der Waals surface area contributed by atoms with Crippen LogP contribution in [0.3, 0.4) is 0 Å². The van der Waals surface area contributed by atoms with E-state index in [1.165, 1.54) is 5.56 Å². The molecule has 0 unspecified atom stereocenters. The lowest BCUT2D eigenvalue weighted by atomic mass is 10.2. The van der Waals surface area contributed by atoms with Crippen molar-refractivity contribution in [3.63, 3.8) is 0 Å². The Balaban J connectivity index is 3.21. The maximum Gasteiger partial charge on any atom is 0.0474 e. The van der Waals surface area contributed by atoms with E-state index >= 15 is 0 Å². The van der Waals surface area contributed by atoms with Crippen LogP contribution in [0.5, 0.6) is 0 Å². The third kappa shape index (κ3) is 2.20. The average Bonchev–Trinajstić information content (AvgIpc) is 1.99. The third-order valence-electron chi connectivity index (χ3n) is 1.50. The number of rotatable bonds is 1. The Hall–Kier alpha value is 0.470. The highest BCUT2D eigenvalue weighted by Crippen LogP contribution is 2.26. The van der Waals surface area contributed by atoms with Gasteiger partial charge in [0.25, 0.3) is 0 Å². The largest absolute Gasteiger partial charge is 0.122 e. The minimum atomic E-state index is 0.553. The standard InChI is InChI=1S/C8H7Br2Cl/c1-5-7(9)2-6(4-11)3-8(5)10/h2-3H,4H2,1H3. The van der Waals surface area contributed by atoms with E-state index in [1.54, 1.807) is 0 Å². The first-order valence-corrected chi connectivity index (χ1v) is 5.27. The molecule has 0 aliphatic rings. The summed E-state index contributed by atoms with van der Waals surface area (Å²) in [5, 5.41) is 0. The summed E-state index contributed by atoms with van der Waals surface area (Å²) in [5.41, 5.74) is 2.33. The molecule has 0 heterocycles. The summed E-state index contributed by atoms with van der Waals surface area (Å²) in [6, 6.07) is 4.07. The number of alkyl halides is 1. The number of halogens is 3. The molecule has 0 spiro atoms. The van der Waals surface area contributed by atoms with Crippen LogP contribution in [0, 0.1) is 6.92 Å². The summed E-state index contributed by atoms with van der Waals surface area (Å²) >= 11 is 12.6. The van der Waals surface area contributed by atoms with E-state index in [0.29, 0.717) is 5.88 Å². The molecule has 0 saturated carbocycles. The minimum Gasteiger partial charge on any atom is -0.122 e. The second-order valence-corrected chi connectivity index (χ2v) is 4.29. The quantitative estimate of drug-likeness (QED) is 0.680. The zero-order valence-corrected chi connectivity index (χ0v) is 9.92. The van der Waals surface area contributed by atoms with E-state index < -0.39 is 0 Å². The number of hydrogen-bond donors (Lipinski definition) is 0. The van der Waals surface area contributed by atoms with E-state index in [9.17, 15) is 0 Å². The van der Waals surface area contributed by atoms with Gasteiger partial charge in [0.05, 0.1) is 0 Å². The molecule has 1 aromatic carbocycles. The summed E-state index contributed by atoms with van der Waals surface area (Å²) in [7, 11) is 0. The van der Waals surface area contributed by atoms with Gasteiger partial charge in [-0.1, -0.05) is 31.9 Å². The first kappa shape index (κ1) is 9.56. The van der Waals surface area contributed by atoms with E-state index in [4.69, 9.17) is 11.6 Å². The minimum absolute atomic E-state index is 0.553. The summed E-state index contributed by atoms with van der Waals surface area (Å²) < 4.78 is 2.20. The maximum atomic E-state index is 5.68. The fourth-order valence-corrected chi connectivity index (χ4v) is 2.21. The monoisotopic (exact) mass is 296 g/mol. The van der Waals surface area contributed by atoms with E-state index in [1.807, 2.05) is 19.1 Å². The Morgan fingerprint density at radius 2 is 1.73 bits per heavy atom. The van der Waals surface area contributed by atoms with Crippen molar-refractivity contribution in [2.45, 2.75) is 12.8 Å². The highest BCUT2D eigenvalue weighted by atomic mass is 79.9. The molecule has 0 amide bonds. The van der Waals surface area contributed by atoms with E-state index in [2.05, 4.69) is 31.9 Å². The normalized spacial score (nSPS) is 10.2. The molecule has 0 aromatic heterocycles. The van der Waals surface area contributed by atoms with Gasteiger partial charge in [-0.2, -0.15) is 0 Å². The van der Waals surface area contributed by atoms with Gasteiger partial charge in [0.2, 0.25) is 0 Å². The van der Waals surface area contributed by atoms with Crippen LogP contribution in [0.4, 0.5) is 0 Å². The van der Waals surface area contributed by atoms with Crippen molar-refractivity contribution in [3.05, 3.63) is 32.2 Å². The lowest BCUT2D eigenvalue weighted by Gasteiger charge is -2.03. The second-order valence-electron chi connectivity index (χ2n) is 2.32. The van der Waals surface area contributed by atoms with Crippen LogP contribution in [0.1, 0.15) is 11.1 Å². The lowest BCUT2D eigenvalue weighted by Crippen LogP contribution is -1.83. The molecule has 0 aliphatic heterocycles. The molecular formula is C8H7Br2Cl. The Morgan fingerprint density at radius 1 is 1.27 bits per heavy atom. The third-order valence-corrected chi connectivity index (χ3v) is 3.45. The zero-order valence-electron chi connectivity index (χ0n) is 6.00. The molecule has 60 valence electrons. The first-order chi connectivity index (χ1) is 5.15. The lowest BCUT2D eigenvalue weighted by molar-refractivity contribution is 1.31. The highest BCUT2D eigenvalue weighted by molar-refractivity contribution is 9.11. The average molecular weight is 298 g/mol. The molecule has 0 radical (unpaired) electrons. The summed E-state index contributed by atoms with van der Waals surface area (Å²) in [6.07, 6.45) is 0. The fraction of sp³-hybridized carbons (Fsp3) is 0.250. The summed E-state index contributed by atoms with van der Waals surface area (Å²) in [4.78, 5) is 0. The molecule has 0 saturated heterocycles. The fourth-order valence-electron chi connectivity index (χ4n) is 0.775. The van der Waals surface area contributed by atoms with Gasteiger partial charge in [0, 0.05) is 14.8 Å². The molecule has 0 bridgehead atoms. The van der Waals surface area contributed by atoms with Crippen LogP contribution in [-0.4, -0.2) is 0 Å². The van der Waals surface area contributed by atoms with Crippen LogP contribution in [0.15, 0.2) is 21.1 Å². The van der Waals surface area contributed by atoms with Gasteiger partial charge in [-0.25, -0.2) is 0 Å². The SMILES string of the molecule is Cc1c(Br)cc(CCl)cc1Br. The molecule has 0 fully saturated rings. The van der Waals surface area contributed by atoms with Gasteiger partial charge in [-0.05, 0) is 30.2 Å². The van der Waals surface area contributed by atoms with Crippen molar-refractivity contribution >= 4 is 43.5 Å². The van der Waals surface area contributed by atoms with Gasteiger partial charge in [-0.15, -0.1) is 11.6 Å². The highest BCUT2D eigenvalue weighted by Gasteiger charge is 2.01. The second kappa shape index (κ2) is 3.92. The molecule has 3 heteroatoms. The first-order valence-electron chi connectivity index (χ1n) is 3.15. The molecule has 11 heavy (non-hydrogen) atoms. The Kier molecular flexibility index (Phi) is 3.41. The van der Waals surface area contributed by atoms with Gasteiger partial charge in [-0.3, -0.25) is 0 Å². The van der Waals surface area contributed by atoms with Crippen molar-refractivity contribution in [1.82, 2.24) is 0 Å². The van der Waals surface area contributed by atoms with Crippen LogP contribution < -0.4 is 0 Å². The maximum absolute atomic E-state index is 5.68. The molecular weight excluding hydrogens is 291 g/mol. The Bertz CT molecular complexity index is 248. The number of hydrogen-bond acceptors (Lipinski definition) is 0. The molecule has 0 aliphatic carbocycles. The Morgan fingerprint density at radius 3 is 2.09 bits per heavy atom. The van der Waals surface area contributed by atoms with E-state index in [0.717, 1.165) is 14.5 Å². The molecule has 1 aromatic rings. The molecule has 0 nitrogen and oxygen atoms in total. The van der Waals surface area contributed by atoms with Gasteiger partial charge >= 0.3 is 0 Å². The predicted molar refractivity (Wildman–Crippen MR) is 56.1 cm³/mol. The van der Waals surface area contributed by atoms with Crippen molar-refractivity contribution in [2.24, 2.45) is 0 Å². The van der Waals surface area contributed by atoms with Gasteiger partial charge in [0.15, 0.2) is 0 Å². The summed E-state index contributed by atoms with van der Waals surface area (Å²) in [5.74, 6) is 0.553. The van der Waals surface area contributed by atoms with Crippen LogP contribution in [0.2, 0.25) is 0 Å². The van der Waals surface area contributed by atoms with Crippen molar-refractivity contribution in [2.75, 3.05) is 0 Å². The van der Waals surface area contributed by atoms with Crippen LogP contribution in [-0.2, 0) is 5.88 Å². The zero-order chi connectivity index (χ0) is 8.43. The molecule has 1 rings (SSSR count). The van der Waals surface area contributed by atoms with Crippen molar-refractivity contribution in [3.8, 4) is 0 Å². The Labute approximate surface area is 88.2 Å². The smallest absolute Gasteiger partial charge is 0.0474 e. The van der Waals surface area contributed by atoms with Gasteiger partial charge < -0.3 is 0 Å². The van der Waals surface area contributed by atoms with Crippen LogP contribution in [0.25, 0.3) is 0 Å². The molecule has 0 N–H and O–H groups in total. The van der Waals surface area contributed by atoms with Crippen molar-refractivity contribution < 1.29 is 0 Å². The summed E-state index contributed by atoms with van der Waals surface area (Å²) in [6.45, 7) is 2.05.